The lowest BCUT2D eigenvalue weighted by atomic mass is 9.35. The van der Waals surface area contributed by atoms with Gasteiger partial charge in [-0.3, -0.25) is 0 Å². The normalized spacial score (nSPS) is 12.4. The van der Waals surface area contributed by atoms with Crippen LogP contribution in [0.5, 0.6) is 11.5 Å². The lowest BCUT2D eigenvalue weighted by Crippen LogP contribution is -2.58. The number of nitriles is 1. The lowest BCUT2D eigenvalue weighted by molar-refractivity contribution is 0.488. The SMILES string of the molecule is N#Cc1cc(-c2ccccc2)c2c3c1Sc1cc(-c4ccccc4)ccc1B3c1ccc(-c3ccccc3)cc1O2. The monoisotopic (exact) mass is 539 g/mol. The number of fused-ring (bicyclic) bond motifs is 4. The van der Waals surface area contributed by atoms with E-state index in [4.69, 9.17) is 4.74 Å². The smallest absolute Gasteiger partial charge is 0.253 e. The first-order valence-corrected chi connectivity index (χ1v) is 14.5. The molecule has 0 atom stereocenters. The van der Waals surface area contributed by atoms with Crippen molar-refractivity contribution in [1.82, 2.24) is 0 Å². The molecule has 0 radical (unpaired) electrons. The van der Waals surface area contributed by atoms with Crippen molar-refractivity contribution in [1.29, 1.82) is 5.26 Å². The molecule has 0 fully saturated rings. The average molecular weight is 539 g/mol. The zero-order chi connectivity index (χ0) is 27.3. The minimum Gasteiger partial charge on any atom is -0.458 e. The highest BCUT2D eigenvalue weighted by atomic mass is 32.2. The van der Waals surface area contributed by atoms with Crippen molar-refractivity contribution in [2.45, 2.75) is 9.79 Å². The molecule has 2 nitrogen and oxygen atoms in total. The van der Waals surface area contributed by atoms with E-state index >= 15 is 0 Å². The molecule has 6 aromatic rings. The molecule has 0 saturated heterocycles. The molecule has 2 aliphatic heterocycles. The molecule has 0 N–H and O–H groups in total. The number of hydrogen-bond acceptors (Lipinski definition) is 3. The van der Waals surface area contributed by atoms with Gasteiger partial charge in [-0.15, -0.1) is 0 Å². The maximum atomic E-state index is 10.4. The zero-order valence-electron chi connectivity index (χ0n) is 22.0. The first kappa shape index (κ1) is 23.9. The van der Waals surface area contributed by atoms with E-state index in [1.165, 1.54) is 21.5 Å². The average Bonchev–Trinajstić information content (AvgIpc) is 3.05. The molecule has 2 aliphatic rings. The zero-order valence-corrected chi connectivity index (χ0v) is 22.9. The number of benzene rings is 6. The van der Waals surface area contributed by atoms with Gasteiger partial charge in [0.05, 0.1) is 5.56 Å². The molecule has 190 valence electrons. The van der Waals surface area contributed by atoms with Crippen LogP contribution in [0.15, 0.2) is 143 Å². The second-order valence-electron chi connectivity index (χ2n) is 10.4. The Balaban J connectivity index is 1.39. The summed E-state index contributed by atoms with van der Waals surface area (Å²) in [6, 6.07) is 49.0. The Labute approximate surface area is 244 Å². The van der Waals surface area contributed by atoms with Gasteiger partial charge in [-0.25, -0.2) is 0 Å². The molecule has 2 heterocycles. The number of nitrogens with zero attached hydrogens (tertiary/aromatic N) is 1. The van der Waals surface area contributed by atoms with Gasteiger partial charge in [0, 0.05) is 15.4 Å². The number of hydrogen-bond donors (Lipinski definition) is 0. The van der Waals surface area contributed by atoms with Crippen molar-refractivity contribution < 1.29 is 4.74 Å². The molecular formula is C37H22BNOS. The first-order chi connectivity index (χ1) is 20.3. The summed E-state index contributed by atoms with van der Waals surface area (Å²) in [4.78, 5) is 2.17. The van der Waals surface area contributed by atoms with Crippen LogP contribution in [0.3, 0.4) is 0 Å². The Morgan fingerprint density at radius 1 is 0.585 bits per heavy atom. The van der Waals surface area contributed by atoms with Crippen LogP contribution in [-0.4, -0.2) is 6.71 Å². The molecule has 0 unspecified atom stereocenters. The second-order valence-corrected chi connectivity index (χ2v) is 11.4. The van der Waals surface area contributed by atoms with Crippen LogP contribution in [0.2, 0.25) is 0 Å². The first-order valence-electron chi connectivity index (χ1n) is 13.7. The standard InChI is InChI=1S/C37H22BNOS/c39-23-29-20-30(26-14-8-3-9-15-26)36-35-37(29)41-34-22-28(25-12-6-2-7-13-25)17-19-32(34)38(35)31-18-16-27(21-33(31)40-36)24-10-4-1-5-11-24/h1-22H. The molecule has 0 aliphatic carbocycles. The van der Waals surface area contributed by atoms with Gasteiger partial charge in [0.1, 0.15) is 17.6 Å². The summed E-state index contributed by atoms with van der Waals surface area (Å²) in [5.41, 5.74) is 10.8. The van der Waals surface area contributed by atoms with Gasteiger partial charge < -0.3 is 4.74 Å². The molecular weight excluding hydrogens is 517 g/mol. The summed E-state index contributed by atoms with van der Waals surface area (Å²) in [7, 11) is 0. The minimum absolute atomic E-state index is 0.0367. The third-order valence-electron chi connectivity index (χ3n) is 8.05. The molecule has 0 aromatic heterocycles. The Kier molecular flexibility index (Phi) is 5.58. The molecule has 8 rings (SSSR count). The molecule has 0 amide bonds. The largest absolute Gasteiger partial charge is 0.458 e. The van der Waals surface area contributed by atoms with E-state index in [-0.39, 0.29) is 6.71 Å². The van der Waals surface area contributed by atoms with E-state index in [0.29, 0.717) is 5.56 Å². The maximum Gasteiger partial charge on any atom is 0.253 e. The van der Waals surface area contributed by atoms with E-state index < -0.39 is 0 Å². The molecule has 6 aromatic carbocycles. The van der Waals surface area contributed by atoms with Gasteiger partial charge in [0.25, 0.3) is 6.71 Å². The van der Waals surface area contributed by atoms with E-state index in [1.54, 1.807) is 11.8 Å². The van der Waals surface area contributed by atoms with Crippen LogP contribution in [0.1, 0.15) is 5.56 Å². The molecule has 0 bridgehead atoms. The van der Waals surface area contributed by atoms with Gasteiger partial charge in [-0.2, -0.15) is 5.26 Å². The fraction of sp³-hybridized carbons (Fsp3) is 0. The van der Waals surface area contributed by atoms with Crippen LogP contribution in [-0.2, 0) is 0 Å². The van der Waals surface area contributed by atoms with E-state index in [2.05, 4.69) is 103 Å². The highest BCUT2D eigenvalue weighted by Crippen LogP contribution is 2.44. The quantitative estimate of drug-likeness (QED) is 0.216. The highest BCUT2D eigenvalue weighted by molar-refractivity contribution is 8.00. The number of rotatable bonds is 3. The Bertz CT molecular complexity index is 1990. The van der Waals surface area contributed by atoms with E-state index in [1.807, 2.05) is 36.4 Å². The van der Waals surface area contributed by atoms with Crippen molar-refractivity contribution >= 4 is 34.9 Å². The van der Waals surface area contributed by atoms with Gasteiger partial charge in [-0.05, 0) is 56.9 Å². The molecule has 0 saturated carbocycles. The fourth-order valence-corrected chi connectivity index (χ4v) is 7.35. The topological polar surface area (TPSA) is 33.0 Å². The third kappa shape index (κ3) is 3.90. The highest BCUT2D eigenvalue weighted by Gasteiger charge is 2.41. The summed E-state index contributed by atoms with van der Waals surface area (Å²) in [6.07, 6.45) is 0. The van der Waals surface area contributed by atoms with Crippen LogP contribution >= 0.6 is 11.8 Å². The summed E-state index contributed by atoms with van der Waals surface area (Å²) >= 11 is 1.69. The maximum absolute atomic E-state index is 10.4. The van der Waals surface area contributed by atoms with Crippen LogP contribution < -0.4 is 21.1 Å². The van der Waals surface area contributed by atoms with Crippen LogP contribution in [0, 0.1) is 11.3 Å². The summed E-state index contributed by atoms with van der Waals surface area (Å²) < 4.78 is 6.86. The summed E-state index contributed by atoms with van der Waals surface area (Å²) in [6.45, 7) is -0.0367. The van der Waals surface area contributed by atoms with Crippen LogP contribution in [0.25, 0.3) is 33.4 Å². The van der Waals surface area contributed by atoms with Gasteiger partial charge in [-0.1, -0.05) is 132 Å². The molecule has 4 heteroatoms. The van der Waals surface area contributed by atoms with Crippen molar-refractivity contribution in [3.63, 3.8) is 0 Å². The third-order valence-corrected chi connectivity index (χ3v) is 9.27. The van der Waals surface area contributed by atoms with E-state index in [0.717, 1.165) is 49.6 Å². The number of ether oxygens (including phenoxy) is 1. The van der Waals surface area contributed by atoms with Gasteiger partial charge in [0.15, 0.2) is 0 Å². The Hall–Kier alpha value is -4.98. The van der Waals surface area contributed by atoms with E-state index in [9.17, 15) is 5.26 Å². The predicted molar refractivity (Wildman–Crippen MR) is 169 cm³/mol. The Morgan fingerprint density at radius 3 is 1.80 bits per heavy atom. The lowest BCUT2D eigenvalue weighted by Gasteiger charge is -2.35. The minimum atomic E-state index is -0.0367. The predicted octanol–water partition coefficient (Wildman–Crippen LogP) is 7.65. The van der Waals surface area contributed by atoms with Crippen molar-refractivity contribution in [3.05, 3.63) is 139 Å². The van der Waals surface area contributed by atoms with Crippen molar-refractivity contribution in [2.24, 2.45) is 0 Å². The molecule has 41 heavy (non-hydrogen) atoms. The van der Waals surface area contributed by atoms with Crippen LogP contribution in [0.4, 0.5) is 0 Å². The van der Waals surface area contributed by atoms with Gasteiger partial charge in [0.2, 0.25) is 0 Å². The second kappa shape index (κ2) is 9.59. The molecule has 0 spiro atoms. The van der Waals surface area contributed by atoms with Crippen molar-refractivity contribution in [3.8, 4) is 50.9 Å². The Morgan fingerprint density at radius 2 is 1.17 bits per heavy atom. The van der Waals surface area contributed by atoms with Gasteiger partial charge >= 0.3 is 0 Å². The fourth-order valence-electron chi connectivity index (χ4n) is 6.11. The summed E-state index contributed by atoms with van der Waals surface area (Å²) in [5.74, 6) is 1.71. The van der Waals surface area contributed by atoms with Crippen molar-refractivity contribution in [2.75, 3.05) is 0 Å². The summed E-state index contributed by atoms with van der Waals surface area (Å²) in [5, 5.41) is 10.4.